The van der Waals surface area contributed by atoms with E-state index >= 15 is 0 Å². The van der Waals surface area contributed by atoms with Gasteiger partial charge in [0.1, 0.15) is 0 Å². The van der Waals surface area contributed by atoms with Gasteiger partial charge in [0.05, 0.1) is 6.07 Å². The van der Waals surface area contributed by atoms with Crippen LogP contribution >= 0.6 is 0 Å². The number of fused-ring (bicyclic) bond motifs is 1. The fourth-order valence-corrected chi connectivity index (χ4v) is 3.12. The van der Waals surface area contributed by atoms with E-state index in [2.05, 4.69) is 0 Å². The second kappa shape index (κ2) is 2.96. The summed E-state index contributed by atoms with van der Waals surface area (Å²) in [7, 11) is -3.27. The Hall–Kier alpha value is -0.600. The average molecular weight is 200 g/mol. The minimum atomic E-state index is -3.27. The lowest BCUT2D eigenvalue weighted by Crippen LogP contribution is -2.38. The molecule has 5 heteroatoms. The summed E-state index contributed by atoms with van der Waals surface area (Å²) in [5.41, 5.74) is 0. The Balaban J connectivity index is 2.04. The zero-order chi connectivity index (χ0) is 9.47. The van der Waals surface area contributed by atoms with Gasteiger partial charge >= 0.3 is 0 Å². The predicted molar refractivity (Wildman–Crippen MR) is 47.2 cm³/mol. The van der Waals surface area contributed by atoms with Crippen molar-refractivity contribution in [2.24, 2.45) is 11.8 Å². The molecule has 1 aliphatic heterocycles. The molecule has 4 nitrogen and oxygen atoms in total. The lowest BCUT2D eigenvalue weighted by molar-refractivity contribution is 0.335. The summed E-state index contributed by atoms with van der Waals surface area (Å²) in [6.45, 7) is 1.26. The molecule has 0 aromatic rings. The lowest BCUT2D eigenvalue weighted by Gasteiger charge is -2.24. The topological polar surface area (TPSA) is 61.2 Å². The van der Waals surface area contributed by atoms with E-state index < -0.39 is 10.0 Å². The van der Waals surface area contributed by atoms with Gasteiger partial charge in [-0.05, 0) is 24.7 Å². The summed E-state index contributed by atoms with van der Waals surface area (Å²) in [5, 5.41) is 8.35. The van der Waals surface area contributed by atoms with E-state index in [1.54, 1.807) is 6.07 Å². The average Bonchev–Trinajstić information content (AvgIpc) is 2.80. The van der Waals surface area contributed by atoms with Gasteiger partial charge in [-0.1, -0.05) is 0 Å². The molecule has 2 aliphatic rings. The summed E-state index contributed by atoms with van der Waals surface area (Å²) < 4.78 is 24.4. The molecule has 0 bridgehead atoms. The van der Waals surface area contributed by atoms with Crippen LogP contribution in [0.4, 0.5) is 0 Å². The number of hydrogen-bond acceptors (Lipinski definition) is 3. The zero-order valence-corrected chi connectivity index (χ0v) is 8.13. The van der Waals surface area contributed by atoms with Gasteiger partial charge in [-0.25, -0.2) is 12.7 Å². The first-order valence-corrected chi connectivity index (χ1v) is 6.09. The zero-order valence-electron chi connectivity index (χ0n) is 7.31. The molecule has 0 N–H and O–H groups in total. The third kappa shape index (κ3) is 1.69. The molecule has 0 aromatic carbocycles. The molecule has 0 aromatic heterocycles. The molecule has 1 heterocycles. The summed E-state index contributed by atoms with van der Waals surface area (Å²) in [6.07, 6.45) is 2.16. The van der Waals surface area contributed by atoms with Crippen LogP contribution in [0.1, 0.15) is 12.8 Å². The number of sulfonamides is 1. The molecule has 1 aliphatic carbocycles. The van der Waals surface area contributed by atoms with Gasteiger partial charge in [0.15, 0.2) is 5.75 Å². The molecule has 0 spiro atoms. The van der Waals surface area contributed by atoms with Crippen LogP contribution in [0.25, 0.3) is 0 Å². The quantitative estimate of drug-likeness (QED) is 0.639. The van der Waals surface area contributed by atoms with E-state index in [4.69, 9.17) is 5.26 Å². The maximum atomic E-state index is 11.5. The van der Waals surface area contributed by atoms with E-state index in [1.807, 2.05) is 0 Å². The SMILES string of the molecule is N#CCS(=O)(=O)N1CCC2CC2C1. The summed E-state index contributed by atoms with van der Waals surface area (Å²) >= 11 is 0. The van der Waals surface area contributed by atoms with Crippen LogP contribution < -0.4 is 0 Å². The van der Waals surface area contributed by atoms with Crippen molar-refractivity contribution in [2.75, 3.05) is 18.8 Å². The Morgan fingerprint density at radius 1 is 1.46 bits per heavy atom. The Kier molecular flexibility index (Phi) is 2.05. The molecule has 2 unspecified atom stereocenters. The van der Waals surface area contributed by atoms with Crippen LogP contribution in [-0.4, -0.2) is 31.6 Å². The van der Waals surface area contributed by atoms with Crippen LogP contribution in [0.5, 0.6) is 0 Å². The monoisotopic (exact) mass is 200 g/mol. The van der Waals surface area contributed by atoms with E-state index in [0.29, 0.717) is 19.0 Å². The highest BCUT2D eigenvalue weighted by Gasteiger charge is 2.44. The third-order valence-corrected chi connectivity index (χ3v) is 4.51. The largest absolute Gasteiger partial charge is 0.227 e. The number of rotatable bonds is 2. The normalized spacial score (nSPS) is 33.5. The van der Waals surface area contributed by atoms with Crippen molar-refractivity contribution < 1.29 is 8.42 Å². The highest BCUT2D eigenvalue weighted by molar-refractivity contribution is 7.89. The van der Waals surface area contributed by atoms with E-state index in [-0.39, 0.29) is 5.75 Å². The Morgan fingerprint density at radius 2 is 2.23 bits per heavy atom. The molecular weight excluding hydrogens is 188 g/mol. The first-order valence-electron chi connectivity index (χ1n) is 4.48. The lowest BCUT2D eigenvalue weighted by atomic mass is 10.2. The smallest absolute Gasteiger partial charge is 0.211 e. The van der Waals surface area contributed by atoms with Crippen LogP contribution in [0.3, 0.4) is 0 Å². The van der Waals surface area contributed by atoms with Crippen molar-refractivity contribution in [1.29, 1.82) is 5.26 Å². The Labute approximate surface area is 78.2 Å². The van der Waals surface area contributed by atoms with Crippen LogP contribution in [-0.2, 0) is 10.0 Å². The minimum absolute atomic E-state index is 0.371. The maximum Gasteiger partial charge on any atom is 0.227 e. The van der Waals surface area contributed by atoms with E-state index in [0.717, 1.165) is 12.3 Å². The second-order valence-electron chi connectivity index (χ2n) is 3.82. The number of hydrogen-bond donors (Lipinski definition) is 0. The molecule has 0 amide bonds. The summed E-state index contributed by atoms with van der Waals surface area (Å²) in [4.78, 5) is 0. The molecule has 13 heavy (non-hydrogen) atoms. The minimum Gasteiger partial charge on any atom is -0.211 e. The molecule has 0 radical (unpaired) electrons. The summed E-state index contributed by atoms with van der Waals surface area (Å²) in [5.74, 6) is 0.987. The fraction of sp³-hybridized carbons (Fsp3) is 0.875. The third-order valence-electron chi connectivity index (χ3n) is 2.90. The van der Waals surface area contributed by atoms with Gasteiger partial charge in [0.2, 0.25) is 10.0 Å². The van der Waals surface area contributed by atoms with Gasteiger partial charge < -0.3 is 0 Å². The molecule has 1 saturated heterocycles. The van der Waals surface area contributed by atoms with Crippen LogP contribution in [0.2, 0.25) is 0 Å². The number of nitrogens with zero attached hydrogens (tertiary/aromatic N) is 2. The highest BCUT2D eigenvalue weighted by atomic mass is 32.2. The molecule has 2 atom stereocenters. The first kappa shape index (κ1) is 8.97. The molecule has 72 valence electrons. The van der Waals surface area contributed by atoms with Gasteiger partial charge in [0.25, 0.3) is 0 Å². The van der Waals surface area contributed by atoms with Crippen molar-refractivity contribution >= 4 is 10.0 Å². The van der Waals surface area contributed by atoms with Crippen LogP contribution in [0.15, 0.2) is 0 Å². The predicted octanol–water partition coefficient (Wildman–Crippen LogP) is 0.182. The Morgan fingerprint density at radius 3 is 2.85 bits per heavy atom. The molecule has 2 fully saturated rings. The van der Waals surface area contributed by atoms with E-state index in [1.165, 1.54) is 10.7 Å². The van der Waals surface area contributed by atoms with Gasteiger partial charge in [-0.15, -0.1) is 0 Å². The molecule has 2 rings (SSSR count). The standard InChI is InChI=1S/C8H12N2O2S/c9-2-4-13(11,12)10-3-1-7-5-8(7)6-10/h7-8H,1,3-6H2. The van der Waals surface area contributed by atoms with E-state index in [9.17, 15) is 8.42 Å². The van der Waals surface area contributed by atoms with Crippen molar-refractivity contribution in [3.05, 3.63) is 0 Å². The van der Waals surface area contributed by atoms with Crippen molar-refractivity contribution in [3.63, 3.8) is 0 Å². The molecule has 1 saturated carbocycles. The number of piperidine rings is 1. The van der Waals surface area contributed by atoms with Crippen molar-refractivity contribution in [2.45, 2.75) is 12.8 Å². The maximum absolute atomic E-state index is 11.5. The summed E-state index contributed by atoms with van der Waals surface area (Å²) in [6, 6.07) is 1.70. The highest BCUT2D eigenvalue weighted by Crippen LogP contribution is 2.45. The van der Waals surface area contributed by atoms with Crippen molar-refractivity contribution in [3.8, 4) is 6.07 Å². The fourth-order valence-electron chi connectivity index (χ4n) is 1.98. The second-order valence-corrected chi connectivity index (χ2v) is 5.79. The Bertz CT molecular complexity index is 344. The van der Waals surface area contributed by atoms with Gasteiger partial charge in [0, 0.05) is 13.1 Å². The molecular formula is C8H12N2O2S. The van der Waals surface area contributed by atoms with Crippen molar-refractivity contribution in [1.82, 2.24) is 4.31 Å². The van der Waals surface area contributed by atoms with Gasteiger partial charge in [-0.3, -0.25) is 0 Å². The van der Waals surface area contributed by atoms with Gasteiger partial charge in [-0.2, -0.15) is 5.26 Å². The first-order chi connectivity index (χ1) is 6.13. The number of nitriles is 1. The van der Waals surface area contributed by atoms with Crippen LogP contribution in [0, 0.1) is 23.2 Å².